The van der Waals surface area contributed by atoms with Gasteiger partial charge in [-0.3, -0.25) is 0 Å². The maximum absolute atomic E-state index is 12.7. The highest BCUT2D eigenvalue weighted by molar-refractivity contribution is 5.59. The van der Waals surface area contributed by atoms with Crippen molar-refractivity contribution in [2.75, 3.05) is 4.90 Å². The molecular weight excluding hydrogens is 215 g/mol. The topological polar surface area (TPSA) is 3.24 Å². The van der Waals surface area contributed by atoms with Crippen LogP contribution >= 0.6 is 0 Å². The summed E-state index contributed by atoms with van der Waals surface area (Å²) >= 11 is 0. The number of hydrogen-bond donors (Lipinski definition) is 0. The van der Waals surface area contributed by atoms with Gasteiger partial charge in [0, 0.05) is 12.4 Å². The fourth-order valence-electron chi connectivity index (χ4n) is 1.58. The van der Waals surface area contributed by atoms with Crippen molar-refractivity contribution >= 4 is 5.69 Å². The lowest BCUT2D eigenvalue weighted by Gasteiger charge is -2.22. The molecule has 0 radical (unpaired) electrons. The first-order valence-electron chi connectivity index (χ1n) is 4.87. The first-order valence-corrected chi connectivity index (χ1v) is 4.87. The first-order chi connectivity index (χ1) is 7.59. The molecule has 0 fully saturated rings. The molecule has 1 aromatic carbocycles. The zero-order chi connectivity index (χ0) is 11.6. The van der Waals surface area contributed by atoms with Crippen molar-refractivity contribution in [2.45, 2.75) is 12.6 Å². The molecule has 0 saturated carbocycles. The van der Waals surface area contributed by atoms with Crippen LogP contribution in [0.5, 0.6) is 0 Å². The molecule has 0 aromatic heterocycles. The Balaban J connectivity index is 2.44. The van der Waals surface area contributed by atoms with Crippen molar-refractivity contribution in [3.8, 4) is 0 Å². The van der Waals surface area contributed by atoms with E-state index in [1.54, 1.807) is 18.5 Å². The normalized spacial score (nSPS) is 15.6. The molecule has 0 saturated heterocycles. The number of hydrogen-bond acceptors (Lipinski definition) is 1. The zero-order valence-electron chi connectivity index (χ0n) is 8.41. The molecule has 1 nitrogen and oxygen atoms in total. The van der Waals surface area contributed by atoms with Gasteiger partial charge >= 0.3 is 6.18 Å². The third kappa shape index (κ3) is 2.10. The fraction of sp³-hybridized carbons (Fsp3) is 0.167. The second kappa shape index (κ2) is 4.04. The smallest absolute Gasteiger partial charge is 0.324 e. The van der Waals surface area contributed by atoms with Gasteiger partial charge in [0.05, 0.1) is 11.3 Å². The molecule has 84 valence electrons. The van der Waals surface area contributed by atoms with E-state index in [9.17, 15) is 13.2 Å². The number of para-hydroxylation sites is 1. The van der Waals surface area contributed by atoms with E-state index in [-0.39, 0.29) is 5.69 Å². The predicted molar refractivity (Wildman–Crippen MR) is 56.8 cm³/mol. The van der Waals surface area contributed by atoms with E-state index in [1.807, 2.05) is 12.2 Å². The second-order valence-electron chi connectivity index (χ2n) is 3.43. The van der Waals surface area contributed by atoms with E-state index in [1.165, 1.54) is 17.0 Å². The molecule has 2 rings (SSSR count). The SMILES string of the molecule is FC(F)(F)c1ccccc1N1C=CCC=C1. The van der Waals surface area contributed by atoms with Crippen LogP contribution in [-0.2, 0) is 6.18 Å². The van der Waals surface area contributed by atoms with Crippen molar-refractivity contribution in [3.05, 3.63) is 54.4 Å². The van der Waals surface area contributed by atoms with Gasteiger partial charge in [-0.2, -0.15) is 13.2 Å². The fourth-order valence-corrected chi connectivity index (χ4v) is 1.58. The van der Waals surface area contributed by atoms with Crippen molar-refractivity contribution in [1.82, 2.24) is 0 Å². The number of nitrogens with zero attached hydrogens (tertiary/aromatic N) is 1. The van der Waals surface area contributed by atoms with Crippen LogP contribution in [0.1, 0.15) is 12.0 Å². The van der Waals surface area contributed by atoms with Gasteiger partial charge in [0.1, 0.15) is 0 Å². The van der Waals surface area contributed by atoms with Crippen molar-refractivity contribution in [3.63, 3.8) is 0 Å². The summed E-state index contributed by atoms with van der Waals surface area (Å²) in [5.41, 5.74) is -0.464. The van der Waals surface area contributed by atoms with Gasteiger partial charge in [-0.15, -0.1) is 0 Å². The molecule has 4 heteroatoms. The van der Waals surface area contributed by atoms with Gasteiger partial charge in [0.15, 0.2) is 0 Å². The highest BCUT2D eigenvalue weighted by Crippen LogP contribution is 2.36. The Hall–Kier alpha value is -1.71. The second-order valence-corrected chi connectivity index (χ2v) is 3.43. The number of allylic oxidation sites excluding steroid dienone is 2. The van der Waals surface area contributed by atoms with Crippen molar-refractivity contribution in [1.29, 1.82) is 0 Å². The van der Waals surface area contributed by atoms with Crippen LogP contribution in [0.2, 0.25) is 0 Å². The molecule has 0 amide bonds. The van der Waals surface area contributed by atoms with Crippen LogP contribution in [0, 0.1) is 0 Å². The van der Waals surface area contributed by atoms with Gasteiger partial charge in [-0.1, -0.05) is 24.3 Å². The van der Waals surface area contributed by atoms with Gasteiger partial charge in [0.25, 0.3) is 0 Å². The van der Waals surface area contributed by atoms with E-state index in [0.717, 1.165) is 12.5 Å². The third-order valence-corrected chi connectivity index (χ3v) is 2.29. The van der Waals surface area contributed by atoms with Crippen molar-refractivity contribution < 1.29 is 13.2 Å². The summed E-state index contributed by atoms with van der Waals surface area (Å²) in [6.45, 7) is 0. The first kappa shape index (κ1) is 10.8. The van der Waals surface area contributed by atoms with E-state index >= 15 is 0 Å². The maximum Gasteiger partial charge on any atom is 0.418 e. The lowest BCUT2D eigenvalue weighted by Crippen LogP contribution is -2.15. The van der Waals surface area contributed by atoms with Gasteiger partial charge in [0.2, 0.25) is 0 Å². The van der Waals surface area contributed by atoms with Crippen LogP contribution in [0.15, 0.2) is 48.8 Å². The minimum atomic E-state index is -4.32. The van der Waals surface area contributed by atoms with Gasteiger partial charge < -0.3 is 4.90 Å². The molecule has 0 N–H and O–H groups in total. The summed E-state index contributed by atoms with van der Waals surface area (Å²) in [6, 6.07) is 5.54. The van der Waals surface area contributed by atoms with Gasteiger partial charge in [-0.25, -0.2) is 0 Å². The van der Waals surface area contributed by atoms with E-state index < -0.39 is 11.7 Å². The quantitative estimate of drug-likeness (QED) is 0.699. The van der Waals surface area contributed by atoms with Crippen LogP contribution < -0.4 is 4.90 Å². The van der Waals surface area contributed by atoms with Crippen molar-refractivity contribution in [2.24, 2.45) is 0 Å². The van der Waals surface area contributed by atoms with E-state index in [4.69, 9.17) is 0 Å². The summed E-state index contributed by atoms with van der Waals surface area (Å²) in [6.07, 6.45) is 3.34. The Morgan fingerprint density at radius 1 is 1.00 bits per heavy atom. The van der Waals surface area contributed by atoms with Crippen LogP contribution in [0.4, 0.5) is 18.9 Å². The largest absolute Gasteiger partial charge is 0.418 e. The molecular formula is C12H10F3N. The molecule has 0 spiro atoms. The standard InChI is InChI=1S/C12H10F3N/c13-12(14,15)10-6-2-3-7-11(10)16-8-4-1-5-9-16/h2-9H,1H2. The highest BCUT2D eigenvalue weighted by Gasteiger charge is 2.34. The lowest BCUT2D eigenvalue weighted by molar-refractivity contribution is -0.137. The summed E-state index contributed by atoms with van der Waals surface area (Å²) in [7, 11) is 0. The summed E-state index contributed by atoms with van der Waals surface area (Å²) in [5, 5.41) is 0. The molecule has 1 aromatic rings. The molecule has 0 atom stereocenters. The Morgan fingerprint density at radius 2 is 1.62 bits per heavy atom. The van der Waals surface area contributed by atoms with Crippen LogP contribution in [0.25, 0.3) is 0 Å². The number of benzene rings is 1. The molecule has 0 bridgehead atoms. The highest BCUT2D eigenvalue weighted by atomic mass is 19.4. The summed E-state index contributed by atoms with van der Waals surface area (Å²) < 4.78 is 38.2. The monoisotopic (exact) mass is 225 g/mol. The Labute approximate surface area is 91.5 Å². The Morgan fingerprint density at radius 3 is 2.25 bits per heavy atom. The van der Waals surface area contributed by atoms with Crippen LogP contribution in [0.3, 0.4) is 0 Å². The minimum absolute atomic E-state index is 0.155. The molecule has 1 aliphatic heterocycles. The Kier molecular flexibility index (Phi) is 2.73. The molecule has 1 aliphatic rings. The number of halogens is 3. The maximum atomic E-state index is 12.7. The summed E-state index contributed by atoms with van der Waals surface area (Å²) in [5.74, 6) is 0. The number of rotatable bonds is 1. The average molecular weight is 225 g/mol. The zero-order valence-corrected chi connectivity index (χ0v) is 8.41. The lowest BCUT2D eigenvalue weighted by atomic mass is 10.1. The molecule has 1 heterocycles. The predicted octanol–water partition coefficient (Wildman–Crippen LogP) is 3.94. The summed E-state index contributed by atoms with van der Waals surface area (Å²) in [4.78, 5) is 1.48. The average Bonchev–Trinajstić information content (AvgIpc) is 2.29. The minimum Gasteiger partial charge on any atom is -0.324 e. The molecule has 16 heavy (non-hydrogen) atoms. The van der Waals surface area contributed by atoms with Gasteiger partial charge in [-0.05, 0) is 18.6 Å². The van der Waals surface area contributed by atoms with E-state index in [0.29, 0.717) is 0 Å². The number of anilines is 1. The van der Waals surface area contributed by atoms with Crippen LogP contribution in [-0.4, -0.2) is 0 Å². The molecule has 0 aliphatic carbocycles. The molecule has 0 unspecified atom stereocenters. The van der Waals surface area contributed by atoms with E-state index in [2.05, 4.69) is 0 Å². The third-order valence-electron chi connectivity index (χ3n) is 2.29. The number of alkyl halides is 3. The Bertz CT molecular complexity index is 420.